The number of nitrogens with one attached hydrogen (secondary N) is 2. The van der Waals surface area contributed by atoms with Gasteiger partial charge in [0.1, 0.15) is 18.2 Å². The fraction of sp³-hybridized carbons (Fsp3) is 0. The number of halogens is 4. The summed E-state index contributed by atoms with van der Waals surface area (Å²) in [5.74, 6) is -3.74. The minimum absolute atomic E-state index is 0.458. The van der Waals surface area contributed by atoms with Gasteiger partial charge in [-0.1, -0.05) is 0 Å². The number of nitrogens with zero attached hydrogens (tertiary/aromatic N) is 7. The zero-order valence-corrected chi connectivity index (χ0v) is 14.2. The van der Waals surface area contributed by atoms with E-state index in [1.165, 1.54) is 18.2 Å². The number of rotatable bonds is 0. The third-order valence-electron chi connectivity index (χ3n) is 2.53. The van der Waals surface area contributed by atoms with Crippen molar-refractivity contribution in [3.63, 3.8) is 0 Å². The molecule has 15 heteroatoms. The van der Waals surface area contributed by atoms with Gasteiger partial charge in [0.25, 0.3) is 11.1 Å². The molecule has 2 N–H and O–H groups in total. The Kier molecular flexibility index (Phi) is 8.46. The lowest BCUT2D eigenvalue weighted by Crippen LogP contribution is -2.12. The smallest absolute Gasteiger partial charge is 0.284 e. The maximum atomic E-state index is 12.2. The molecule has 150 valence electrons. The van der Waals surface area contributed by atoms with Crippen LogP contribution in [-0.4, -0.2) is 29.9 Å². The Bertz CT molecular complexity index is 1220. The normalized spacial score (nSPS) is 8.83. The van der Waals surface area contributed by atoms with Gasteiger partial charge in [0, 0.05) is 0 Å². The van der Waals surface area contributed by atoms with Crippen LogP contribution < -0.4 is 11.1 Å². The van der Waals surface area contributed by atoms with Crippen molar-refractivity contribution in [3.8, 4) is 18.2 Å². The van der Waals surface area contributed by atoms with Crippen LogP contribution in [0.4, 0.5) is 17.6 Å². The lowest BCUT2D eigenvalue weighted by Gasteiger charge is -1.88. The molecule has 0 radical (unpaired) electrons. The van der Waals surface area contributed by atoms with Crippen LogP contribution in [0.25, 0.3) is 0 Å². The van der Waals surface area contributed by atoms with Crippen LogP contribution in [-0.2, 0) is 0 Å². The van der Waals surface area contributed by atoms with Crippen LogP contribution in [0.1, 0.15) is 17.1 Å². The molecule has 0 aromatic carbocycles. The monoisotopic (exact) mass is 419 g/mol. The van der Waals surface area contributed by atoms with Crippen LogP contribution in [0.5, 0.6) is 0 Å². The highest BCUT2D eigenvalue weighted by Gasteiger charge is 2.04. The summed E-state index contributed by atoms with van der Waals surface area (Å²) >= 11 is 0. The van der Waals surface area contributed by atoms with E-state index in [9.17, 15) is 27.2 Å². The SMILES string of the molecule is N#Cc1nc(F)c[nH]c1=O.N#Cc1nc(F)c[nH]c1=O.N#Cc1nc(F)cnc1F. The van der Waals surface area contributed by atoms with Crippen molar-refractivity contribution >= 4 is 0 Å². The second-order valence-corrected chi connectivity index (χ2v) is 4.47. The molecule has 3 rings (SSSR count). The van der Waals surface area contributed by atoms with Crippen LogP contribution in [0.3, 0.4) is 0 Å². The summed E-state index contributed by atoms with van der Waals surface area (Å²) in [6.45, 7) is 0. The summed E-state index contributed by atoms with van der Waals surface area (Å²) < 4.78 is 48.5. The molecule has 0 saturated heterocycles. The lowest BCUT2D eigenvalue weighted by molar-refractivity contribution is 0.523. The molecule has 0 aliphatic rings. The molecule has 3 aromatic heterocycles. The Balaban J connectivity index is 0.000000225. The average Bonchev–Trinajstić information content (AvgIpc) is 2.74. The predicted octanol–water partition coefficient (Wildman–Crippen LogP) is 0.188. The number of aromatic nitrogens is 6. The number of aromatic amines is 2. The highest BCUT2D eigenvalue weighted by molar-refractivity contribution is 5.16. The van der Waals surface area contributed by atoms with E-state index in [1.54, 1.807) is 0 Å². The van der Waals surface area contributed by atoms with Crippen molar-refractivity contribution in [3.05, 3.63) is 80.2 Å². The van der Waals surface area contributed by atoms with Gasteiger partial charge in [-0.3, -0.25) is 9.59 Å². The van der Waals surface area contributed by atoms with E-state index in [4.69, 9.17) is 15.8 Å². The number of nitriles is 3. The highest BCUT2D eigenvalue weighted by Crippen LogP contribution is 1.98. The maximum Gasteiger partial charge on any atom is 0.284 e. The average molecular weight is 419 g/mol. The van der Waals surface area contributed by atoms with Crippen molar-refractivity contribution in [1.82, 2.24) is 29.9 Å². The minimum atomic E-state index is -1.05. The predicted molar refractivity (Wildman–Crippen MR) is 85.7 cm³/mol. The van der Waals surface area contributed by atoms with Crippen LogP contribution in [0.15, 0.2) is 28.2 Å². The Hall–Kier alpha value is -4.97. The summed E-state index contributed by atoms with van der Waals surface area (Å²) in [5, 5.41) is 24.4. The molecule has 0 bridgehead atoms. The summed E-state index contributed by atoms with van der Waals surface area (Å²) in [7, 11) is 0. The van der Waals surface area contributed by atoms with Crippen molar-refractivity contribution in [2.75, 3.05) is 0 Å². The summed E-state index contributed by atoms with van der Waals surface area (Å²) in [6.07, 6.45) is 2.20. The Morgan fingerprint density at radius 1 is 0.700 bits per heavy atom. The van der Waals surface area contributed by atoms with Gasteiger partial charge in [0.05, 0.1) is 18.6 Å². The number of hydrogen-bond acceptors (Lipinski definition) is 9. The molecule has 0 fully saturated rings. The van der Waals surface area contributed by atoms with E-state index >= 15 is 0 Å². The van der Waals surface area contributed by atoms with E-state index < -0.39 is 52.0 Å². The van der Waals surface area contributed by atoms with Crippen molar-refractivity contribution in [2.45, 2.75) is 0 Å². The van der Waals surface area contributed by atoms with Crippen molar-refractivity contribution in [1.29, 1.82) is 15.8 Å². The van der Waals surface area contributed by atoms with E-state index in [1.807, 2.05) is 9.97 Å². The van der Waals surface area contributed by atoms with E-state index in [2.05, 4.69) is 19.9 Å². The zero-order chi connectivity index (χ0) is 22.7. The van der Waals surface area contributed by atoms with Crippen molar-refractivity contribution in [2.24, 2.45) is 0 Å². The molecular formula is C15H5F4N9O2. The fourth-order valence-corrected chi connectivity index (χ4v) is 1.34. The molecule has 0 unspecified atom stereocenters. The summed E-state index contributed by atoms with van der Waals surface area (Å²) in [6, 6.07) is 4.23. The third-order valence-corrected chi connectivity index (χ3v) is 2.53. The van der Waals surface area contributed by atoms with Gasteiger partial charge in [0.2, 0.25) is 35.2 Å². The van der Waals surface area contributed by atoms with Gasteiger partial charge in [-0.15, -0.1) is 0 Å². The van der Waals surface area contributed by atoms with Crippen molar-refractivity contribution < 1.29 is 17.6 Å². The molecular weight excluding hydrogens is 414 g/mol. The van der Waals surface area contributed by atoms with E-state index in [0.29, 0.717) is 6.20 Å². The Morgan fingerprint density at radius 3 is 1.43 bits per heavy atom. The minimum Gasteiger partial charge on any atom is -0.322 e. The van der Waals surface area contributed by atoms with Crippen LogP contribution >= 0.6 is 0 Å². The number of hydrogen-bond donors (Lipinski definition) is 2. The Labute approximate surface area is 162 Å². The zero-order valence-electron chi connectivity index (χ0n) is 14.2. The molecule has 11 nitrogen and oxygen atoms in total. The van der Waals surface area contributed by atoms with Gasteiger partial charge in [-0.2, -0.15) is 33.3 Å². The first-order valence-corrected chi connectivity index (χ1v) is 7.10. The molecule has 3 aromatic rings. The first kappa shape index (κ1) is 23.1. The largest absolute Gasteiger partial charge is 0.322 e. The first-order valence-electron chi connectivity index (χ1n) is 7.10. The maximum absolute atomic E-state index is 12.2. The van der Waals surface area contributed by atoms with Gasteiger partial charge in [-0.05, 0) is 0 Å². The summed E-state index contributed by atoms with van der Waals surface area (Å²) in [5.41, 5.74) is -2.90. The highest BCUT2D eigenvalue weighted by atomic mass is 19.1. The summed E-state index contributed by atoms with van der Waals surface area (Å²) in [4.78, 5) is 36.9. The van der Waals surface area contributed by atoms with Crippen LogP contribution in [0.2, 0.25) is 0 Å². The van der Waals surface area contributed by atoms with Gasteiger partial charge < -0.3 is 9.97 Å². The first-order chi connectivity index (χ1) is 14.2. The molecule has 0 aliphatic carbocycles. The van der Waals surface area contributed by atoms with E-state index in [-0.39, 0.29) is 0 Å². The molecule has 0 saturated carbocycles. The molecule has 0 atom stereocenters. The topological polar surface area (TPSA) is 189 Å². The Morgan fingerprint density at radius 2 is 1.10 bits per heavy atom. The van der Waals surface area contributed by atoms with Gasteiger partial charge in [0.15, 0.2) is 5.69 Å². The second kappa shape index (κ2) is 11.0. The molecule has 0 aliphatic heterocycles. The lowest BCUT2D eigenvalue weighted by atomic mass is 10.5. The quantitative estimate of drug-likeness (QED) is 0.479. The standard InChI is InChI=1S/C5HF2N3.2C5H2FN3O/c6-4-2-9-5(7)3(1-8)10-4;2*6-4-2-8-5(10)3(1-7)9-4/h2H;2*2H,(H,8,10). The molecule has 3 heterocycles. The molecule has 30 heavy (non-hydrogen) atoms. The second-order valence-electron chi connectivity index (χ2n) is 4.47. The fourth-order valence-electron chi connectivity index (χ4n) is 1.34. The molecule has 0 spiro atoms. The molecule has 0 amide bonds. The third kappa shape index (κ3) is 6.98. The van der Waals surface area contributed by atoms with Crippen LogP contribution in [0, 0.1) is 57.8 Å². The van der Waals surface area contributed by atoms with Gasteiger partial charge >= 0.3 is 0 Å². The van der Waals surface area contributed by atoms with Gasteiger partial charge in [-0.25, -0.2) is 19.9 Å². The number of H-pyrrole nitrogens is 2. The van der Waals surface area contributed by atoms with E-state index in [0.717, 1.165) is 12.4 Å².